The number of rotatable bonds is 7. The molecule has 0 atom stereocenters. The molecule has 1 N–H and O–H groups in total. The molecular weight excluding hydrogens is 564 g/mol. The molecule has 2 aromatic carbocycles. The van der Waals surface area contributed by atoms with Crippen molar-refractivity contribution in [3.8, 4) is 0 Å². The summed E-state index contributed by atoms with van der Waals surface area (Å²) in [6.07, 6.45) is 1.40. The van der Waals surface area contributed by atoms with E-state index in [2.05, 4.69) is 4.72 Å². The van der Waals surface area contributed by atoms with Crippen molar-refractivity contribution in [2.75, 3.05) is 37.5 Å². The first-order valence-corrected chi connectivity index (χ1v) is 13.3. The van der Waals surface area contributed by atoms with Crippen molar-refractivity contribution < 1.29 is 36.3 Å². The molecule has 38 heavy (non-hydrogen) atoms. The summed E-state index contributed by atoms with van der Waals surface area (Å²) in [5.74, 6) is -2.18. The Bertz CT molecular complexity index is 1460. The van der Waals surface area contributed by atoms with E-state index < -0.39 is 39.2 Å². The lowest BCUT2D eigenvalue weighted by atomic mass is 10.2. The average Bonchev–Trinajstić information content (AvgIpc) is 3.43. The fourth-order valence-electron chi connectivity index (χ4n) is 3.63. The first-order valence-electron chi connectivity index (χ1n) is 11.1. The summed E-state index contributed by atoms with van der Waals surface area (Å²) >= 11 is 12.2. The Morgan fingerprint density at radius 1 is 0.974 bits per heavy atom. The number of carbonyl (C=O) groups is 3. The van der Waals surface area contributed by atoms with E-state index in [0.29, 0.717) is 0 Å². The molecule has 0 bridgehead atoms. The van der Waals surface area contributed by atoms with Crippen molar-refractivity contribution in [2.45, 2.75) is 4.90 Å². The SMILES string of the molecule is O=C(OCC(=O)N1CCN(C(=O)c2ccco2)CC1)c1cc(S(=O)(=O)Nc2ccc(F)cc2)c(Cl)cc1Cl. The van der Waals surface area contributed by atoms with Crippen LogP contribution in [-0.2, 0) is 19.6 Å². The lowest BCUT2D eigenvalue weighted by Gasteiger charge is -2.34. The number of nitrogens with zero attached hydrogens (tertiary/aromatic N) is 2. The maximum absolute atomic E-state index is 13.1. The van der Waals surface area contributed by atoms with E-state index in [1.54, 1.807) is 17.0 Å². The lowest BCUT2D eigenvalue weighted by Crippen LogP contribution is -2.51. The van der Waals surface area contributed by atoms with Crippen molar-refractivity contribution in [1.82, 2.24) is 9.80 Å². The van der Waals surface area contributed by atoms with E-state index in [1.165, 1.54) is 23.3 Å². The molecule has 0 saturated carbocycles. The molecule has 1 aliphatic rings. The van der Waals surface area contributed by atoms with Crippen LogP contribution in [0.25, 0.3) is 0 Å². The van der Waals surface area contributed by atoms with E-state index in [9.17, 15) is 27.2 Å². The number of esters is 1. The van der Waals surface area contributed by atoms with Gasteiger partial charge in [0.25, 0.3) is 21.8 Å². The Balaban J connectivity index is 1.38. The monoisotopic (exact) mass is 583 g/mol. The number of halogens is 3. The molecule has 10 nitrogen and oxygen atoms in total. The Morgan fingerprint density at radius 2 is 1.63 bits per heavy atom. The van der Waals surface area contributed by atoms with Crippen LogP contribution in [0.15, 0.2) is 64.1 Å². The van der Waals surface area contributed by atoms with Gasteiger partial charge >= 0.3 is 5.97 Å². The van der Waals surface area contributed by atoms with Crippen molar-refractivity contribution in [2.24, 2.45) is 0 Å². The third-order valence-electron chi connectivity index (χ3n) is 5.61. The normalized spacial score (nSPS) is 13.8. The molecule has 1 fully saturated rings. The standard InChI is InChI=1S/C24H20Cl2FN3O7S/c25-18-13-19(26)21(38(34,35)28-16-5-3-15(27)4-6-16)12-17(18)24(33)37-14-22(31)29-7-9-30(10-8-29)23(32)20-2-1-11-36-20/h1-6,11-13,28H,7-10,14H2. The van der Waals surface area contributed by atoms with Crippen LogP contribution in [-0.4, -0.2) is 68.8 Å². The van der Waals surface area contributed by atoms with Crippen LogP contribution in [0.5, 0.6) is 0 Å². The van der Waals surface area contributed by atoms with Gasteiger partial charge in [-0.1, -0.05) is 23.2 Å². The second-order valence-electron chi connectivity index (χ2n) is 8.10. The number of anilines is 1. The van der Waals surface area contributed by atoms with Crippen LogP contribution in [0.4, 0.5) is 10.1 Å². The average molecular weight is 584 g/mol. The molecule has 3 aromatic rings. The predicted octanol–water partition coefficient (Wildman–Crippen LogP) is 3.67. The van der Waals surface area contributed by atoms with Crippen LogP contribution < -0.4 is 4.72 Å². The molecule has 1 aromatic heterocycles. The van der Waals surface area contributed by atoms with Gasteiger partial charge in [-0.3, -0.25) is 14.3 Å². The van der Waals surface area contributed by atoms with Crippen molar-refractivity contribution >= 4 is 56.7 Å². The fourth-order valence-corrected chi connectivity index (χ4v) is 5.54. The zero-order chi connectivity index (χ0) is 27.4. The third-order valence-corrected chi connectivity index (χ3v) is 7.76. The van der Waals surface area contributed by atoms with Crippen LogP contribution in [0.3, 0.4) is 0 Å². The van der Waals surface area contributed by atoms with E-state index in [4.69, 9.17) is 32.4 Å². The number of amides is 2. The number of carbonyl (C=O) groups excluding carboxylic acids is 3. The molecule has 0 aliphatic carbocycles. The van der Waals surface area contributed by atoms with Crippen molar-refractivity contribution in [3.63, 3.8) is 0 Å². The number of piperazine rings is 1. The minimum Gasteiger partial charge on any atom is -0.459 e. The first kappa shape index (κ1) is 27.4. The minimum atomic E-state index is -4.29. The van der Waals surface area contributed by atoms with Gasteiger partial charge in [-0.2, -0.15) is 0 Å². The molecule has 0 unspecified atom stereocenters. The van der Waals surface area contributed by atoms with Crippen LogP contribution in [0, 0.1) is 5.82 Å². The second kappa shape index (κ2) is 11.4. The highest BCUT2D eigenvalue weighted by atomic mass is 35.5. The largest absolute Gasteiger partial charge is 0.459 e. The second-order valence-corrected chi connectivity index (χ2v) is 10.6. The number of sulfonamides is 1. The highest BCUT2D eigenvalue weighted by Crippen LogP contribution is 2.30. The van der Waals surface area contributed by atoms with Crippen molar-refractivity contribution in [3.05, 3.63) is 82.0 Å². The predicted molar refractivity (Wildman–Crippen MR) is 135 cm³/mol. The van der Waals surface area contributed by atoms with E-state index in [0.717, 1.165) is 24.3 Å². The van der Waals surface area contributed by atoms with Gasteiger partial charge in [-0.05, 0) is 48.5 Å². The number of nitrogens with one attached hydrogen (secondary N) is 1. The maximum atomic E-state index is 13.1. The zero-order valence-electron chi connectivity index (χ0n) is 19.5. The molecule has 1 saturated heterocycles. The Kier molecular flexibility index (Phi) is 8.24. The summed E-state index contributed by atoms with van der Waals surface area (Å²) < 4.78 is 51.2. The van der Waals surface area contributed by atoms with Crippen LogP contribution in [0.2, 0.25) is 10.0 Å². The third kappa shape index (κ3) is 6.26. The van der Waals surface area contributed by atoms with E-state index in [-0.39, 0.29) is 59.1 Å². The smallest absolute Gasteiger partial charge is 0.340 e. The Morgan fingerprint density at radius 3 is 2.26 bits per heavy atom. The Labute approximate surface area is 226 Å². The summed E-state index contributed by atoms with van der Waals surface area (Å²) in [6.45, 7) is 0.360. The molecule has 0 radical (unpaired) electrons. The molecule has 4 rings (SSSR count). The molecule has 0 spiro atoms. The molecule has 200 valence electrons. The maximum Gasteiger partial charge on any atom is 0.340 e. The molecule has 2 amide bonds. The molecular formula is C24H20Cl2FN3O7S. The van der Waals surface area contributed by atoms with E-state index in [1.807, 2.05) is 0 Å². The number of benzene rings is 2. The number of ether oxygens (including phenoxy) is 1. The topological polar surface area (TPSA) is 126 Å². The summed E-state index contributed by atoms with van der Waals surface area (Å²) in [5.41, 5.74) is -0.254. The quantitative estimate of drug-likeness (QED) is 0.420. The van der Waals surface area contributed by atoms with Gasteiger partial charge in [0.05, 0.1) is 21.9 Å². The van der Waals surface area contributed by atoms with Gasteiger partial charge in [0.1, 0.15) is 10.7 Å². The summed E-state index contributed by atoms with van der Waals surface area (Å²) in [7, 11) is -4.29. The Hall–Kier alpha value is -3.61. The number of furan rings is 1. The molecule has 2 heterocycles. The highest BCUT2D eigenvalue weighted by molar-refractivity contribution is 7.92. The first-order chi connectivity index (χ1) is 18.0. The summed E-state index contributed by atoms with van der Waals surface area (Å²) in [6, 6.07) is 9.72. The van der Waals surface area contributed by atoms with Gasteiger partial charge in [0, 0.05) is 31.9 Å². The van der Waals surface area contributed by atoms with Crippen LogP contribution >= 0.6 is 23.2 Å². The van der Waals surface area contributed by atoms with Crippen LogP contribution in [0.1, 0.15) is 20.9 Å². The van der Waals surface area contributed by atoms with E-state index >= 15 is 0 Å². The van der Waals surface area contributed by atoms with Gasteiger partial charge in [0.2, 0.25) is 0 Å². The van der Waals surface area contributed by atoms with Gasteiger partial charge in [0.15, 0.2) is 12.4 Å². The molecule has 14 heteroatoms. The number of hydrogen-bond acceptors (Lipinski definition) is 7. The van der Waals surface area contributed by atoms with Gasteiger partial charge in [-0.25, -0.2) is 17.6 Å². The van der Waals surface area contributed by atoms with Gasteiger partial charge in [-0.15, -0.1) is 0 Å². The molecule has 1 aliphatic heterocycles. The number of hydrogen-bond donors (Lipinski definition) is 1. The summed E-state index contributed by atoms with van der Waals surface area (Å²) in [4.78, 5) is 40.1. The lowest BCUT2D eigenvalue weighted by molar-refractivity contribution is -0.136. The summed E-state index contributed by atoms with van der Waals surface area (Å²) in [5, 5.41) is -0.447. The fraction of sp³-hybridized carbons (Fsp3) is 0.208. The van der Waals surface area contributed by atoms with Gasteiger partial charge < -0.3 is 19.0 Å². The minimum absolute atomic E-state index is 0.0677. The van der Waals surface area contributed by atoms with Crippen molar-refractivity contribution in [1.29, 1.82) is 0 Å². The highest BCUT2D eigenvalue weighted by Gasteiger charge is 2.28. The zero-order valence-corrected chi connectivity index (χ0v) is 21.9.